The maximum Gasteiger partial charge on any atom is 0.249 e. The van der Waals surface area contributed by atoms with Crippen molar-refractivity contribution in [3.05, 3.63) is 41.6 Å². The van der Waals surface area contributed by atoms with Gasteiger partial charge in [0.05, 0.1) is 0 Å². The largest absolute Gasteiger partial charge is 0.507 e. The van der Waals surface area contributed by atoms with Gasteiger partial charge in [0.1, 0.15) is 11.4 Å². The van der Waals surface area contributed by atoms with Gasteiger partial charge in [0.2, 0.25) is 11.7 Å². The lowest BCUT2D eigenvalue weighted by molar-refractivity contribution is -0.111. The Bertz CT molecular complexity index is 590. The zero-order chi connectivity index (χ0) is 13.0. The minimum absolute atomic E-state index is 0.112. The van der Waals surface area contributed by atoms with E-state index >= 15 is 0 Å². The second kappa shape index (κ2) is 5.13. The molecule has 2 rings (SSSR count). The molecule has 6 heteroatoms. The minimum Gasteiger partial charge on any atom is -0.507 e. The van der Waals surface area contributed by atoms with E-state index in [1.165, 1.54) is 12.2 Å². The smallest absolute Gasteiger partial charge is 0.249 e. The van der Waals surface area contributed by atoms with Gasteiger partial charge in [-0.15, -0.1) is 0 Å². The number of nitrogens with one attached hydrogen (secondary N) is 1. The molecule has 2 aromatic rings. The van der Waals surface area contributed by atoms with Crippen molar-refractivity contribution in [3.8, 4) is 5.75 Å². The van der Waals surface area contributed by atoms with Gasteiger partial charge in [-0.3, -0.25) is 4.79 Å². The Balaban J connectivity index is 2.04. The summed E-state index contributed by atoms with van der Waals surface area (Å²) in [6.45, 7) is 1.67. The number of carbonyl (C=O) groups excluding carboxylic acids is 1. The quantitative estimate of drug-likeness (QED) is 0.804. The molecule has 6 nitrogen and oxygen atoms in total. The molecule has 0 saturated carbocycles. The summed E-state index contributed by atoms with van der Waals surface area (Å²) in [6, 6.07) is 6.71. The van der Waals surface area contributed by atoms with Gasteiger partial charge in [-0.05, 0) is 24.2 Å². The summed E-state index contributed by atoms with van der Waals surface area (Å²) in [6.07, 6.45) is 2.80. The van der Waals surface area contributed by atoms with Crippen LogP contribution in [0.4, 0.5) is 5.82 Å². The zero-order valence-electron chi connectivity index (χ0n) is 9.62. The molecular formula is C12H11N3O3. The van der Waals surface area contributed by atoms with E-state index in [1.807, 2.05) is 0 Å². The lowest BCUT2D eigenvalue weighted by Gasteiger charge is -1.98. The molecule has 1 aromatic heterocycles. The van der Waals surface area contributed by atoms with Gasteiger partial charge < -0.3 is 10.4 Å². The third kappa shape index (κ3) is 2.73. The SMILES string of the molecule is Cc1nonc1NC(=O)/C=C/c1ccccc1O. The van der Waals surface area contributed by atoms with E-state index < -0.39 is 0 Å². The number of hydrogen-bond donors (Lipinski definition) is 2. The lowest BCUT2D eigenvalue weighted by atomic mass is 10.2. The second-order valence-electron chi connectivity index (χ2n) is 3.58. The van der Waals surface area contributed by atoms with Crippen molar-refractivity contribution < 1.29 is 14.5 Å². The van der Waals surface area contributed by atoms with Crippen LogP contribution in [-0.2, 0) is 4.79 Å². The van der Waals surface area contributed by atoms with Crippen LogP contribution < -0.4 is 5.32 Å². The van der Waals surface area contributed by atoms with Crippen molar-refractivity contribution in [2.45, 2.75) is 6.92 Å². The molecule has 0 spiro atoms. The maximum absolute atomic E-state index is 11.6. The first kappa shape index (κ1) is 11.8. The number of benzene rings is 1. The Kier molecular flexibility index (Phi) is 3.38. The van der Waals surface area contributed by atoms with Gasteiger partial charge in [-0.25, -0.2) is 4.63 Å². The molecule has 0 atom stereocenters. The number of carbonyl (C=O) groups is 1. The van der Waals surface area contributed by atoms with Crippen molar-refractivity contribution in [2.75, 3.05) is 5.32 Å². The van der Waals surface area contributed by atoms with E-state index in [0.717, 1.165) is 0 Å². The van der Waals surface area contributed by atoms with Crippen LogP contribution in [0.5, 0.6) is 5.75 Å². The van der Waals surface area contributed by atoms with Crippen LogP contribution in [-0.4, -0.2) is 21.3 Å². The number of phenolic OH excluding ortho intramolecular Hbond substituents is 1. The van der Waals surface area contributed by atoms with E-state index in [1.54, 1.807) is 31.2 Å². The fourth-order valence-corrected chi connectivity index (χ4v) is 1.30. The Hall–Kier alpha value is -2.63. The molecule has 0 unspecified atom stereocenters. The Labute approximate surface area is 103 Å². The molecule has 0 aliphatic rings. The molecule has 2 N–H and O–H groups in total. The summed E-state index contributed by atoms with van der Waals surface area (Å²) in [5.74, 6) is 0.0137. The average molecular weight is 245 g/mol. The highest BCUT2D eigenvalue weighted by atomic mass is 16.6. The Morgan fingerprint density at radius 2 is 2.17 bits per heavy atom. The highest BCUT2D eigenvalue weighted by Gasteiger charge is 2.06. The number of aryl methyl sites for hydroxylation is 1. The van der Waals surface area contributed by atoms with Crippen molar-refractivity contribution in [1.29, 1.82) is 0 Å². The fraction of sp³-hybridized carbons (Fsp3) is 0.0833. The van der Waals surface area contributed by atoms with Crippen molar-refractivity contribution in [2.24, 2.45) is 0 Å². The summed E-state index contributed by atoms with van der Waals surface area (Å²) in [7, 11) is 0. The number of aromatic nitrogens is 2. The monoisotopic (exact) mass is 245 g/mol. The Morgan fingerprint density at radius 1 is 1.39 bits per heavy atom. The first-order valence-corrected chi connectivity index (χ1v) is 5.23. The van der Waals surface area contributed by atoms with Gasteiger partial charge in [0, 0.05) is 11.6 Å². The predicted octanol–water partition coefficient (Wildman–Crippen LogP) is 1.74. The summed E-state index contributed by atoms with van der Waals surface area (Å²) >= 11 is 0. The van der Waals surface area contributed by atoms with E-state index in [0.29, 0.717) is 11.3 Å². The summed E-state index contributed by atoms with van der Waals surface area (Å²) in [4.78, 5) is 11.6. The third-order valence-electron chi connectivity index (χ3n) is 2.25. The van der Waals surface area contributed by atoms with E-state index in [-0.39, 0.29) is 17.5 Å². The predicted molar refractivity (Wildman–Crippen MR) is 64.8 cm³/mol. The highest BCUT2D eigenvalue weighted by Crippen LogP contribution is 2.17. The molecule has 1 aromatic carbocycles. The second-order valence-corrected chi connectivity index (χ2v) is 3.58. The first-order valence-electron chi connectivity index (χ1n) is 5.23. The highest BCUT2D eigenvalue weighted by molar-refractivity contribution is 6.01. The van der Waals surface area contributed by atoms with E-state index in [2.05, 4.69) is 20.3 Å². The number of nitrogens with zero attached hydrogens (tertiary/aromatic N) is 2. The molecule has 1 amide bonds. The normalized spacial score (nSPS) is 10.7. The van der Waals surface area contributed by atoms with Gasteiger partial charge in [0.15, 0.2) is 0 Å². The third-order valence-corrected chi connectivity index (χ3v) is 2.25. The maximum atomic E-state index is 11.6. The molecular weight excluding hydrogens is 234 g/mol. The van der Waals surface area contributed by atoms with Crippen LogP contribution >= 0.6 is 0 Å². The topological polar surface area (TPSA) is 88.3 Å². The molecule has 0 saturated heterocycles. The van der Waals surface area contributed by atoms with Crippen LogP contribution in [0.2, 0.25) is 0 Å². The number of aromatic hydroxyl groups is 1. The Morgan fingerprint density at radius 3 is 2.83 bits per heavy atom. The molecule has 18 heavy (non-hydrogen) atoms. The molecule has 0 fully saturated rings. The van der Waals surface area contributed by atoms with Gasteiger partial charge in [-0.1, -0.05) is 23.4 Å². The van der Waals surface area contributed by atoms with Crippen LogP contribution in [0.15, 0.2) is 35.0 Å². The summed E-state index contributed by atoms with van der Waals surface area (Å²) in [5, 5.41) is 19.1. The fourth-order valence-electron chi connectivity index (χ4n) is 1.30. The number of rotatable bonds is 3. The van der Waals surface area contributed by atoms with Crippen LogP contribution in [0, 0.1) is 6.92 Å². The lowest BCUT2D eigenvalue weighted by Crippen LogP contribution is -2.08. The van der Waals surface area contributed by atoms with Crippen molar-refractivity contribution in [1.82, 2.24) is 10.3 Å². The number of amides is 1. The molecule has 92 valence electrons. The molecule has 0 bridgehead atoms. The minimum atomic E-state index is -0.378. The first-order chi connectivity index (χ1) is 8.66. The van der Waals surface area contributed by atoms with Crippen LogP contribution in [0.3, 0.4) is 0 Å². The molecule has 0 aliphatic heterocycles. The van der Waals surface area contributed by atoms with Crippen LogP contribution in [0.25, 0.3) is 6.08 Å². The van der Waals surface area contributed by atoms with Crippen LogP contribution in [0.1, 0.15) is 11.3 Å². The van der Waals surface area contributed by atoms with Gasteiger partial charge in [-0.2, -0.15) is 0 Å². The molecule has 1 heterocycles. The van der Waals surface area contributed by atoms with Gasteiger partial charge >= 0.3 is 0 Å². The summed E-state index contributed by atoms with van der Waals surface area (Å²) < 4.78 is 4.45. The van der Waals surface area contributed by atoms with Crippen molar-refractivity contribution >= 4 is 17.8 Å². The molecule has 0 radical (unpaired) electrons. The average Bonchev–Trinajstić information content (AvgIpc) is 2.74. The van der Waals surface area contributed by atoms with Gasteiger partial charge in [0.25, 0.3) is 0 Å². The number of anilines is 1. The number of phenols is 1. The molecule has 0 aliphatic carbocycles. The number of hydrogen-bond acceptors (Lipinski definition) is 5. The number of para-hydroxylation sites is 1. The van der Waals surface area contributed by atoms with E-state index in [9.17, 15) is 9.90 Å². The standard InChI is InChI=1S/C12H11N3O3/c1-8-12(15-18-14-8)13-11(17)7-6-9-4-2-3-5-10(9)16/h2-7,16H,1H3,(H,13,15,17)/b7-6+. The zero-order valence-corrected chi connectivity index (χ0v) is 9.62. The van der Waals surface area contributed by atoms with Crippen molar-refractivity contribution in [3.63, 3.8) is 0 Å². The summed E-state index contributed by atoms with van der Waals surface area (Å²) in [5.41, 5.74) is 1.06. The van der Waals surface area contributed by atoms with E-state index in [4.69, 9.17) is 0 Å².